The third-order valence-corrected chi connectivity index (χ3v) is 3.27. The molecule has 1 heterocycles. The van der Waals surface area contributed by atoms with Crippen molar-refractivity contribution in [3.63, 3.8) is 0 Å². The number of para-hydroxylation sites is 1. The lowest BCUT2D eigenvalue weighted by atomic mass is 10.1. The van der Waals surface area contributed by atoms with Crippen LogP contribution in [0, 0.1) is 10.1 Å². The maximum absolute atomic E-state index is 12.2. The Balaban J connectivity index is 2.38. The fourth-order valence-electron chi connectivity index (χ4n) is 1.71. The van der Waals surface area contributed by atoms with Crippen molar-refractivity contribution >= 4 is 33.3 Å². The zero-order valence-electron chi connectivity index (χ0n) is 10.9. The van der Waals surface area contributed by atoms with Gasteiger partial charge in [-0.25, -0.2) is 4.98 Å². The monoisotopic (exact) mass is 351 g/mol. The average Bonchev–Trinajstić information content (AvgIpc) is 2.48. The first-order valence-electron chi connectivity index (χ1n) is 5.78. The van der Waals surface area contributed by atoms with E-state index < -0.39 is 10.8 Å². The molecule has 0 atom stereocenters. The molecule has 0 fully saturated rings. The summed E-state index contributed by atoms with van der Waals surface area (Å²) in [5.41, 5.74) is -0.213. The first-order chi connectivity index (χ1) is 10.0. The van der Waals surface area contributed by atoms with E-state index in [1.807, 2.05) is 0 Å². The number of nitrogens with one attached hydrogen (secondary N) is 1. The summed E-state index contributed by atoms with van der Waals surface area (Å²) in [5, 5.41) is 13.5. The molecule has 0 bridgehead atoms. The highest BCUT2D eigenvalue weighted by Crippen LogP contribution is 2.31. The lowest BCUT2D eigenvalue weighted by Crippen LogP contribution is -2.15. The molecule has 0 radical (unpaired) electrons. The number of halogens is 1. The number of nitro benzene ring substituents is 1. The summed E-state index contributed by atoms with van der Waals surface area (Å²) in [6.07, 6.45) is 1.52. The highest BCUT2D eigenvalue weighted by atomic mass is 79.9. The summed E-state index contributed by atoms with van der Waals surface area (Å²) in [7, 11) is 1.27. The standard InChI is InChI=1S/C13H10BrN3O4/c1-21-11-8(4-2-6-10(11)17(19)20)13(18)16-12-9(14)5-3-7-15-12/h2-7H,1H3,(H,15,16,18). The molecule has 0 saturated heterocycles. The van der Waals surface area contributed by atoms with Gasteiger partial charge in [0.25, 0.3) is 5.91 Å². The van der Waals surface area contributed by atoms with Gasteiger partial charge in [-0.3, -0.25) is 14.9 Å². The number of carbonyl (C=O) groups is 1. The van der Waals surface area contributed by atoms with E-state index in [9.17, 15) is 14.9 Å². The predicted molar refractivity (Wildman–Crippen MR) is 79.5 cm³/mol. The van der Waals surface area contributed by atoms with Crippen molar-refractivity contribution < 1.29 is 14.5 Å². The SMILES string of the molecule is COc1c(C(=O)Nc2ncccc2Br)cccc1[N+](=O)[O-]. The summed E-state index contributed by atoms with van der Waals surface area (Å²) in [5.74, 6) is -0.321. The number of amides is 1. The van der Waals surface area contributed by atoms with Gasteiger partial charge in [-0.15, -0.1) is 0 Å². The predicted octanol–water partition coefficient (Wildman–Crippen LogP) is 3.01. The molecule has 0 unspecified atom stereocenters. The van der Waals surface area contributed by atoms with E-state index in [4.69, 9.17) is 4.74 Å². The maximum Gasteiger partial charge on any atom is 0.311 e. The van der Waals surface area contributed by atoms with Crippen LogP contribution in [0.4, 0.5) is 11.5 Å². The van der Waals surface area contributed by atoms with Crippen molar-refractivity contribution in [2.75, 3.05) is 12.4 Å². The van der Waals surface area contributed by atoms with Crippen LogP contribution in [0.2, 0.25) is 0 Å². The molecular weight excluding hydrogens is 342 g/mol. The first kappa shape index (κ1) is 14.9. The minimum atomic E-state index is -0.605. The average molecular weight is 352 g/mol. The smallest absolute Gasteiger partial charge is 0.311 e. The Kier molecular flexibility index (Phi) is 4.49. The van der Waals surface area contributed by atoms with Crippen LogP contribution in [0.5, 0.6) is 5.75 Å². The molecule has 0 aliphatic carbocycles. The van der Waals surface area contributed by atoms with Gasteiger partial charge in [-0.05, 0) is 34.1 Å². The molecule has 7 nitrogen and oxygen atoms in total. The molecule has 21 heavy (non-hydrogen) atoms. The minimum Gasteiger partial charge on any atom is -0.490 e. The topological polar surface area (TPSA) is 94.4 Å². The normalized spacial score (nSPS) is 10.0. The minimum absolute atomic E-state index is 0.0595. The number of hydrogen-bond donors (Lipinski definition) is 1. The quantitative estimate of drug-likeness (QED) is 0.674. The van der Waals surface area contributed by atoms with Gasteiger partial charge in [0.2, 0.25) is 5.75 Å². The second kappa shape index (κ2) is 6.31. The van der Waals surface area contributed by atoms with Crippen molar-refractivity contribution in [2.24, 2.45) is 0 Å². The molecular formula is C13H10BrN3O4. The molecule has 0 saturated carbocycles. The van der Waals surface area contributed by atoms with Gasteiger partial charge in [0.1, 0.15) is 5.82 Å². The van der Waals surface area contributed by atoms with Gasteiger partial charge >= 0.3 is 5.69 Å². The lowest BCUT2D eigenvalue weighted by molar-refractivity contribution is -0.385. The van der Waals surface area contributed by atoms with Crippen LogP contribution in [0.25, 0.3) is 0 Å². The Hall–Kier alpha value is -2.48. The number of rotatable bonds is 4. The van der Waals surface area contributed by atoms with Crippen molar-refractivity contribution in [1.29, 1.82) is 0 Å². The van der Waals surface area contributed by atoms with Crippen molar-refractivity contribution in [3.05, 3.63) is 56.7 Å². The van der Waals surface area contributed by atoms with E-state index in [0.29, 0.717) is 10.3 Å². The number of pyridine rings is 1. The largest absolute Gasteiger partial charge is 0.490 e. The van der Waals surface area contributed by atoms with Gasteiger partial charge in [0.05, 0.1) is 22.1 Å². The maximum atomic E-state index is 12.2. The van der Waals surface area contributed by atoms with Crippen molar-refractivity contribution in [2.45, 2.75) is 0 Å². The Morgan fingerprint density at radius 1 is 1.38 bits per heavy atom. The van der Waals surface area contributed by atoms with Crippen LogP contribution in [0.3, 0.4) is 0 Å². The molecule has 0 aliphatic heterocycles. The van der Waals surface area contributed by atoms with Gasteiger partial charge in [-0.1, -0.05) is 6.07 Å². The van der Waals surface area contributed by atoms with E-state index in [0.717, 1.165) is 0 Å². The van der Waals surface area contributed by atoms with Gasteiger partial charge in [0.15, 0.2) is 0 Å². The van der Waals surface area contributed by atoms with E-state index in [-0.39, 0.29) is 17.0 Å². The highest BCUT2D eigenvalue weighted by molar-refractivity contribution is 9.10. The lowest BCUT2D eigenvalue weighted by Gasteiger charge is -2.09. The molecule has 1 aromatic heterocycles. The second-order valence-electron chi connectivity index (χ2n) is 3.90. The summed E-state index contributed by atoms with van der Waals surface area (Å²) in [4.78, 5) is 26.6. The Morgan fingerprint density at radius 2 is 2.14 bits per heavy atom. The molecule has 1 aromatic carbocycles. The molecule has 2 aromatic rings. The van der Waals surface area contributed by atoms with Crippen molar-refractivity contribution in [1.82, 2.24) is 4.98 Å². The highest BCUT2D eigenvalue weighted by Gasteiger charge is 2.23. The molecule has 2 rings (SSSR count). The number of methoxy groups -OCH3 is 1. The van der Waals surface area contributed by atoms with Crippen LogP contribution in [0.1, 0.15) is 10.4 Å². The fraction of sp³-hybridized carbons (Fsp3) is 0.0769. The number of nitro groups is 1. The van der Waals surface area contributed by atoms with Crippen LogP contribution < -0.4 is 10.1 Å². The third-order valence-electron chi connectivity index (χ3n) is 2.63. The van der Waals surface area contributed by atoms with E-state index in [2.05, 4.69) is 26.2 Å². The molecule has 0 spiro atoms. The van der Waals surface area contributed by atoms with Crippen LogP contribution >= 0.6 is 15.9 Å². The Bertz CT molecular complexity index is 706. The van der Waals surface area contributed by atoms with Crippen molar-refractivity contribution in [3.8, 4) is 5.75 Å². The third kappa shape index (κ3) is 3.16. The summed E-state index contributed by atoms with van der Waals surface area (Å²) >= 11 is 3.25. The number of benzene rings is 1. The van der Waals surface area contributed by atoms with Gasteiger partial charge in [0, 0.05) is 12.3 Å². The summed E-state index contributed by atoms with van der Waals surface area (Å²) in [6.45, 7) is 0. The number of aromatic nitrogens is 1. The second-order valence-corrected chi connectivity index (χ2v) is 4.76. The van der Waals surface area contributed by atoms with Gasteiger partial charge < -0.3 is 10.1 Å². The number of hydrogen-bond acceptors (Lipinski definition) is 5. The fourth-order valence-corrected chi connectivity index (χ4v) is 2.07. The molecule has 1 N–H and O–H groups in total. The summed E-state index contributed by atoms with van der Waals surface area (Å²) < 4.78 is 5.59. The van der Waals surface area contributed by atoms with E-state index in [1.54, 1.807) is 12.1 Å². The number of anilines is 1. The Labute approximate surface area is 128 Å². The molecule has 8 heteroatoms. The molecule has 1 amide bonds. The number of nitrogens with zero attached hydrogens (tertiary/aromatic N) is 2. The van der Waals surface area contributed by atoms with E-state index >= 15 is 0 Å². The first-order valence-corrected chi connectivity index (χ1v) is 6.57. The molecule has 0 aliphatic rings. The number of ether oxygens (including phenoxy) is 1. The zero-order chi connectivity index (χ0) is 15.4. The van der Waals surface area contributed by atoms with Crippen LogP contribution in [-0.2, 0) is 0 Å². The summed E-state index contributed by atoms with van der Waals surface area (Å²) in [6, 6.07) is 7.55. The van der Waals surface area contributed by atoms with Gasteiger partial charge in [-0.2, -0.15) is 0 Å². The van der Waals surface area contributed by atoms with Crippen LogP contribution in [0.15, 0.2) is 41.0 Å². The van der Waals surface area contributed by atoms with Crippen LogP contribution in [-0.4, -0.2) is 22.9 Å². The Morgan fingerprint density at radius 3 is 2.76 bits per heavy atom. The number of carbonyl (C=O) groups excluding carboxylic acids is 1. The molecule has 108 valence electrons. The zero-order valence-corrected chi connectivity index (χ0v) is 12.5. The van der Waals surface area contributed by atoms with E-state index in [1.165, 1.54) is 31.5 Å².